The van der Waals surface area contributed by atoms with Crippen molar-refractivity contribution in [3.63, 3.8) is 0 Å². The highest BCUT2D eigenvalue weighted by Gasteiger charge is 2.35. The highest BCUT2D eigenvalue weighted by atomic mass is 16.5. The lowest BCUT2D eigenvalue weighted by atomic mass is 10.2. The molecule has 1 amide bonds. The fourth-order valence-corrected chi connectivity index (χ4v) is 0.783. The first-order valence-electron chi connectivity index (χ1n) is 3.07. The Balaban J connectivity index is 2.62. The van der Waals surface area contributed by atoms with Gasteiger partial charge in [0.2, 0.25) is 11.7 Å². The number of ketones is 1. The summed E-state index contributed by atoms with van der Waals surface area (Å²) in [5.41, 5.74) is 0. The van der Waals surface area contributed by atoms with Crippen molar-refractivity contribution in [3.05, 3.63) is 0 Å². The summed E-state index contributed by atoms with van der Waals surface area (Å²) in [6.45, 7) is 1.00. The number of amides is 1. The van der Waals surface area contributed by atoms with E-state index >= 15 is 0 Å². The van der Waals surface area contributed by atoms with Gasteiger partial charge in [-0.15, -0.1) is 0 Å². The van der Waals surface area contributed by atoms with Crippen LogP contribution in [0.25, 0.3) is 0 Å². The Morgan fingerprint density at radius 2 is 2.27 bits per heavy atom. The van der Waals surface area contributed by atoms with Gasteiger partial charge in [-0.05, 0) is 0 Å². The van der Waals surface area contributed by atoms with Gasteiger partial charge in [-0.3, -0.25) is 9.59 Å². The maximum atomic E-state index is 10.8. The molecule has 1 unspecified atom stereocenters. The number of hydrogen-bond donors (Lipinski definition) is 1. The zero-order chi connectivity index (χ0) is 8.43. The Labute approximate surface area is 62.7 Å². The summed E-state index contributed by atoms with van der Waals surface area (Å²) >= 11 is 0. The average molecular weight is 157 g/mol. The molecule has 0 aromatic carbocycles. The van der Waals surface area contributed by atoms with Crippen molar-refractivity contribution in [3.8, 4) is 0 Å². The molecule has 1 saturated heterocycles. The van der Waals surface area contributed by atoms with Gasteiger partial charge in [-0.25, -0.2) is 4.79 Å². The molecule has 1 N–H and O–H groups in total. The quantitative estimate of drug-likeness (QED) is 0.376. The Hall–Kier alpha value is -1.39. The van der Waals surface area contributed by atoms with Gasteiger partial charge in [-0.1, -0.05) is 0 Å². The van der Waals surface area contributed by atoms with Crippen LogP contribution in [0, 0.1) is 0 Å². The van der Waals surface area contributed by atoms with E-state index in [1.54, 1.807) is 0 Å². The van der Waals surface area contributed by atoms with E-state index in [2.05, 4.69) is 10.1 Å². The van der Waals surface area contributed by atoms with E-state index in [0.29, 0.717) is 0 Å². The fourth-order valence-electron chi connectivity index (χ4n) is 0.783. The SMILES string of the molecule is CC(=O)NC1C(=O)COC1=O. The number of nitrogens with one attached hydrogen (secondary N) is 1. The number of carbonyl (C=O) groups excluding carboxylic acids is 3. The molecular formula is C6H7NO4. The van der Waals surface area contributed by atoms with E-state index in [0.717, 1.165) is 0 Å². The van der Waals surface area contributed by atoms with Crippen molar-refractivity contribution >= 4 is 17.7 Å². The first-order valence-corrected chi connectivity index (χ1v) is 3.07. The van der Waals surface area contributed by atoms with Gasteiger partial charge >= 0.3 is 5.97 Å². The van der Waals surface area contributed by atoms with Gasteiger partial charge in [0.15, 0.2) is 12.6 Å². The Bertz CT molecular complexity index is 207. The fraction of sp³-hybridized carbons (Fsp3) is 0.500. The predicted octanol–water partition coefficient (Wildman–Crippen LogP) is -1.38. The van der Waals surface area contributed by atoms with Crippen molar-refractivity contribution in [2.24, 2.45) is 0 Å². The lowest BCUT2D eigenvalue weighted by Gasteiger charge is -2.02. The molecule has 1 aliphatic heterocycles. The number of esters is 1. The van der Waals surface area contributed by atoms with E-state index in [-0.39, 0.29) is 6.61 Å². The highest BCUT2D eigenvalue weighted by Crippen LogP contribution is 2.01. The third kappa shape index (κ3) is 1.54. The lowest BCUT2D eigenvalue weighted by molar-refractivity contribution is -0.141. The molecule has 5 heteroatoms. The molecule has 0 saturated carbocycles. The molecule has 5 nitrogen and oxygen atoms in total. The van der Waals surface area contributed by atoms with Gasteiger partial charge in [0, 0.05) is 6.92 Å². The molecule has 1 heterocycles. The third-order valence-corrected chi connectivity index (χ3v) is 1.26. The summed E-state index contributed by atoms with van der Waals surface area (Å²) in [5, 5.41) is 2.18. The van der Waals surface area contributed by atoms with E-state index < -0.39 is 23.7 Å². The molecule has 0 spiro atoms. The van der Waals surface area contributed by atoms with E-state index in [9.17, 15) is 14.4 Å². The molecule has 0 aromatic rings. The topological polar surface area (TPSA) is 72.5 Å². The summed E-state index contributed by atoms with van der Waals surface area (Å²) in [7, 11) is 0. The van der Waals surface area contributed by atoms with Crippen LogP contribution in [-0.2, 0) is 19.1 Å². The van der Waals surface area contributed by atoms with E-state index in [1.807, 2.05) is 0 Å². The molecule has 1 fully saturated rings. The van der Waals surface area contributed by atoms with Crippen LogP contribution in [-0.4, -0.2) is 30.3 Å². The van der Waals surface area contributed by atoms with E-state index in [1.165, 1.54) is 6.92 Å². The molecule has 0 aromatic heterocycles. The number of Topliss-reactive ketones (excluding diaryl/α,β-unsaturated/α-hetero) is 1. The number of ether oxygens (including phenoxy) is 1. The maximum absolute atomic E-state index is 10.8. The summed E-state index contributed by atoms with van der Waals surface area (Å²) in [5.74, 6) is -1.49. The number of carbonyl (C=O) groups is 3. The molecule has 1 aliphatic rings. The molecule has 60 valence electrons. The highest BCUT2D eigenvalue weighted by molar-refractivity contribution is 6.10. The van der Waals surface area contributed by atoms with Crippen LogP contribution in [0.4, 0.5) is 0 Å². The first kappa shape index (κ1) is 7.71. The minimum absolute atomic E-state index is 0.232. The molecule has 1 atom stereocenters. The maximum Gasteiger partial charge on any atom is 0.337 e. The third-order valence-electron chi connectivity index (χ3n) is 1.26. The number of cyclic esters (lactones) is 1. The van der Waals surface area contributed by atoms with Crippen molar-refractivity contribution in [1.29, 1.82) is 0 Å². The average Bonchev–Trinajstić information content (AvgIpc) is 2.18. The molecule has 11 heavy (non-hydrogen) atoms. The zero-order valence-corrected chi connectivity index (χ0v) is 5.92. The van der Waals surface area contributed by atoms with Gasteiger partial charge in [0.25, 0.3) is 0 Å². The lowest BCUT2D eigenvalue weighted by Crippen LogP contribution is -2.41. The van der Waals surface area contributed by atoms with Crippen LogP contribution in [0.5, 0.6) is 0 Å². The van der Waals surface area contributed by atoms with Crippen LogP contribution >= 0.6 is 0 Å². The Kier molecular flexibility index (Phi) is 1.89. The summed E-state index contributed by atoms with van der Waals surface area (Å²) in [4.78, 5) is 31.8. The second-order valence-corrected chi connectivity index (χ2v) is 2.21. The van der Waals surface area contributed by atoms with Crippen molar-refractivity contribution in [2.75, 3.05) is 6.61 Å². The minimum Gasteiger partial charge on any atom is -0.456 e. The van der Waals surface area contributed by atoms with Gasteiger partial charge in [0.05, 0.1) is 0 Å². The predicted molar refractivity (Wildman–Crippen MR) is 33.6 cm³/mol. The van der Waals surface area contributed by atoms with Crippen LogP contribution in [0.1, 0.15) is 6.92 Å². The van der Waals surface area contributed by atoms with Gasteiger partial charge in [0.1, 0.15) is 0 Å². The standard InChI is InChI=1S/C6H7NO4/c1-3(8)7-5-4(9)2-11-6(5)10/h5H,2H2,1H3,(H,7,8). The molecule has 0 radical (unpaired) electrons. The first-order chi connectivity index (χ1) is 5.11. The van der Waals surface area contributed by atoms with Gasteiger partial charge in [-0.2, -0.15) is 0 Å². The largest absolute Gasteiger partial charge is 0.456 e. The van der Waals surface area contributed by atoms with Crippen molar-refractivity contribution in [1.82, 2.24) is 5.32 Å². The number of hydrogen-bond acceptors (Lipinski definition) is 4. The summed E-state index contributed by atoms with van der Waals surface area (Å²) in [6.07, 6.45) is 0. The van der Waals surface area contributed by atoms with Gasteiger partial charge < -0.3 is 10.1 Å². The van der Waals surface area contributed by atoms with Crippen LogP contribution < -0.4 is 5.32 Å². The Morgan fingerprint density at radius 3 is 2.64 bits per heavy atom. The second-order valence-electron chi connectivity index (χ2n) is 2.21. The summed E-state index contributed by atoms with van der Waals surface area (Å²) in [6, 6.07) is -1.08. The smallest absolute Gasteiger partial charge is 0.337 e. The molecule has 0 aliphatic carbocycles. The van der Waals surface area contributed by atoms with Crippen molar-refractivity contribution < 1.29 is 19.1 Å². The Morgan fingerprint density at radius 1 is 1.64 bits per heavy atom. The van der Waals surface area contributed by atoms with Crippen LogP contribution in [0.15, 0.2) is 0 Å². The monoisotopic (exact) mass is 157 g/mol. The molecule has 1 rings (SSSR count). The van der Waals surface area contributed by atoms with E-state index in [4.69, 9.17) is 0 Å². The minimum atomic E-state index is -1.08. The normalized spacial score (nSPS) is 23.2. The van der Waals surface area contributed by atoms with Crippen LogP contribution in [0.3, 0.4) is 0 Å². The van der Waals surface area contributed by atoms with Crippen LogP contribution in [0.2, 0.25) is 0 Å². The molecular weight excluding hydrogens is 150 g/mol. The van der Waals surface area contributed by atoms with Crippen molar-refractivity contribution in [2.45, 2.75) is 13.0 Å². The zero-order valence-electron chi connectivity index (χ0n) is 5.92. The second kappa shape index (κ2) is 2.69. The summed E-state index contributed by atoms with van der Waals surface area (Å²) < 4.78 is 4.38. The number of rotatable bonds is 1. The molecule has 0 bridgehead atoms.